The summed E-state index contributed by atoms with van der Waals surface area (Å²) in [6, 6.07) is -0.843. The summed E-state index contributed by atoms with van der Waals surface area (Å²) < 4.78 is 23.8. The number of esters is 1. The average Bonchev–Trinajstić information content (AvgIpc) is 3.30. The molecule has 2 bridgehead atoms. The summed E-state index contributed by atoms with van der Waals surface area (Å²) in [6.07, 6.45) is 8.44. The highest BCUT2D eigenvalue weighted by Gasteiger charge is 2.49. The van der Waals surface area contributed by atoms with Crippen LogP contribution in [-0.4, -0.2) is 172 Å². The van der Waals surface area contributed by atoms with E-state index < -0.39 is 140 Å². The van der Waals surface area contributed by atoms with Gasteiger partial charge in [0.05, 0.1) is 97.7 Å². The molecule has 2 fully saturated rings. The van der Waals surface area contributed by atoms with Gasteiger partial charge in [0.25, 0.3) is 0 Å². The molecule has 3 aliphatic heterocycles. The van der Waals surface area contributed by atoms with E-state index in [-0.39, 0.29) is 50.9 Å². The standard InChI is InChI=1S/C52H82NO17P/c1-30-20-18-16-14-12-10-8-6-7-9-11-13-15-17-19-21-39(69-52-50(64)46(53-71)49(63)34(5)68-52)29-42-45(51(65)66)32(3)48(62)43(70-42)27-37(56)25-36(55)26-41(59)40(58)23-22-35(54)24-38(57)28-44(60)67-33(4)31(2)47(30)61/h6-21,30-43,45-50,52-59,61-64H,22-29,71H2,1-5H3,(H,65,66)/b8-6+,9-7+,12-10+,13-11+,16-14+,17-15+,20-18+,21-19+/t30-,31-,32+,33-,34+,35+,36+,37-,38+,39-,40+,41+,42-,43?,45+,46-,47+,48-,49+,50-,52?/m0/s1. The molecule has 12 N–H and O–H groups in total. The third kappa shape index (κ3) is 21.2. The number of nitrogens with one attached hydrogen (secondary N) is 1. The number of aliphatic carboxylic acids is 1. The van der Waals surface area contributed by atoms with Crippen LogP contribution in [0.4, 0.5) is 0 Å². The fourth-order valence-corrected chi connectivity index (χ4v) is 9.29. The van der Waals surface area contributed by atoms with Crippen molar-refractivity contribution >= 4 is 21.3 Å². The van der Waals surface area contributed by atoms with E-state index in [1.165, 1.54) is 0 Å². The lowest BCUT2D eigenvalue weighted by atomic mass is 9.77. The van der Waals surface area contributed by atoms with Crippen LogP contribution in [0.1, 0.15) is 86.0 Å². The van der Waals surface area contributed by atoms with Gasteiger partial charge in [0.1, 0.15) is 12.2 Å². The minimum atomic E-state index is -1.47. The number of aliphatic hydroxyl groups excluding tert-OH is 10. The number of carboxylic acids is 1. The Morgan fingerprint density at radius 3 is 1.66 bits per heavy atom. The SMILES string of the molecule is C[C@@H]1[C@H](O)[C@@H](C)/C=C/C=C/C=C/C=C/C=C/C=C/C=C/C=C/[C@H](OC2O[C@H](C)[C@@H](O)[C@H](NP)[C@@H]2O)C[C@@H]2OC(C[C@@H](O)C[C@@H](O)C[C@@H](O)[C@H](O)CC[C@@H](O)C[C@@H](O)CC(=O)O[C@H]1C)[C@@H](O)[C@H](C)[C@H]2C(=O)O. The van der Waals surface area contributed by atoms with Gasteiger partial charge in [-0.3, -0.25) is 14.7 Å². The van der Waals surface area contributed by atoms with E-state index in [4.69, 9.17) is 18.9 Å². The summed E-state index contributed by atoms with van der Waals surface area (Å²) >= 11 is 0. The summed E-state index contributed by atoms with van der Waals surface area (Å²) in [6.45, 7) is 8.42. The second-order valence-corrected chi connectivity index (χ2v) is 19.5. The number of carboxylic acid groups (broad SMARTS) is 1. The van der Waals surface area contributed by atoms with Crippen LogP contribution in [0.2, 0.25) is 0 Å². The lowest BCUT2D eigenvalue weighted by Crippen LogP contribution is -2.61. The number of hydrogen-bond donors (Lipinski definition) is 12. The van der Waals surface area contributed by atoms with Gasteiger partial charge in [-0.1, -0.05) is 127 Å². The van der Waals surface area contributed by atoms with Gasteiger partial charge in [0, 0.05) is 37.0 Å². The van der Waals surface area contributed by atoms with Gasteiger partial charge in [0.2, 0.25) is 0 Å². The minimum Gasteiger partial charge on any atom is -0.481 e. The molecule has 22 atom stereocenters. The molecule has 3 unspecified atom stereocenters. The first kappa shape index (κ1) is 62.0. The summed E-state index contributed by atoms with van der Waals surface area (Å²) in [5, 5.41) is 121. The lowest BCUT2D eigenvalue weighted by molar-refractivity contribution is -0.281. The van der Waals surface area contributed by atoms with E-state index in [0.717, 1.165) is 0 Å². The number of allylic oxidation sites excluding steroid dienone is 14. The van der Waals surface area contributed by atoms with Crippen molar-refractivity contribution in [2.24, 2.45) is 23.7 Å². The Morgan fingerprint density at radius 2 is 1.10 bits per heavy atom. The van der Waals surface area contributed by atoms with Crippen LogP contribution < -0.4 is 5.09 Å². The zero-order valence-electron chi connectivity index (χ0n) is 41.5. The molecule has 18 nitrogen and oxygen atoms in total. The van der Waals surface area contributed by atoms with Crippen LogP contribution in [-0.2, 0) is 28.5 Å². The van der Waals surface area contributed by atoms with Gasteiger partial charge in [-0.2, -0.15) is 0 Å². The third-order valence-electron chi connectivity index (χ3n) is 13.4. The highest BCUT2D eigenvalue weighted by molar-refractivity contribution is 7.13. The van der Waals surface area contributed by atoms with Crippen molar-refractivity contribution in [3.63, 3.8) is 0 Å². The molecule has 402 valence electrons. The Kier molecular flexibility index (Phi) is 28.1. The highest BCUT2D eigenvalue weighted by atomic mass is 31.0. The van der Waals surface area contributed by atoms with Crippen molar-refractivity contribution in [2.45, 2.75) is 190 Å². The molecular weight excluding hydrogens is 942 g/mol. The number of fused-ring (bicyclic) bond motifs is 2. The van der Waals surface area contributed by atoms with Gasteiger partial charge in [-0.25, -0.2) is 0 Å². The molecule has 0 aromatic carbocycles. The van der Waals surface area contributed by atoms with E-state index in [9.17, 15) is 65.8 Å². The molecule has 3 aliphatic rings. The first-order chi connectivity index (χ1) is 33.6. The van der Waals surface area contributed by atoms with E-state index in [0.29, 0.717) is 0 Å². The molecule has 0 aliphatic carbocycles. The largest absolute Gasteiger partial charge is 0.481 e. The molecule has 0 radical (unpaired) electrons. The van der Waals surface area contributed by atoms with Crippen molar-refractivity contribution in [2.75, 3.05) is 0 Å². The molecule has 0 amide bonds. The van der Waals surface area contributed by atoms with Gasteiger partial charge < -0.3 is 75.1 Å². The molecule has 0 spiro atoms. The normalized spacial score (nSPS) is 44.6. The molecule has 71 heavy (non-hydrogen) atoms. The zero-order valence-corrected chi connectivity index (χ0v) is 42.6. The first-order valence-corrected chi connectivity index (χ1v) is 25.2. The quantitative estimate of drug-likeness (QED) is 0.142. The topological polar surface area (TPSA) is 306 Å². The fraction of sp³-hybridized carbons (Fsp3) is 0.654. The second-order valence-electron chi connectivity index (χ2n) is 19.2. The van der Waals surface area contributed by atoms with E-state index in [1.807, 2.05) is 73.8 Å². The number of ether oxygens (including phenoxy) is 4. The Hall–Kier alpha value is -3.27. The van der Waals surface area contributed by atoms with Crippen LogP contribution in [0.3, 0.4) is 0 Å². The zero-order chi connectivity index (χ0) is 52.8. The van der Waals surface area contributed by atoms with Crippen molar-refractivity contribution in [3.05, 3.63) is 97.2 Å². The smallest absolute Gasteiger partial charge is 0.309 e. The summed E-state index contributed by atoms with van der Waals surface area (Å²) in [4.78, 5) is 25.4. The Morgan fingerprint density at radius 1 is 0.563 bits per heavy atom. The van der Waals surface area contributed by atoms with Gasteiger partial charge >= 0.3 is 11.9 Å². The Balaban J connectivity index is 1.84. The van der Waals surface area contributed by atoms with Gasteiger partial charge in [-0.15, -0.1) is 0 Å². The molecule has 3 heterocycles. The van der Waals surface area contributed by atoms with Crippen LogP contribution in [0.15, 0.2) is 97.2 Å². The number of aliphatic hydroxyl groups is 10. The maximum atomic E-state index is 12.7. The van der Waals surface area contributed by atoms with Crippen molar-refractivity contribution in [1.29, 1.82) is 0 Å². The lowest BCUT2D eigenvalue weighted by Gasteiger charge is -2.45. The van der Waals surface area contributed by atoms with E-state index in [2.05, 4.69) is 14.5 Å². The third-order valence-corrected chi connectivity index (χ3v) is 13.8. The van der Waals surface area contributed by atoms with E-state index in [1.54, 1.807) is 58.1 Å². The second kappa shape index (κ2) is 32.1. The van der Waals surface area contributed by atoms with Crippen LogP contribution in [0, 0.1) is 23.7 Å². The average molecular weight is 1020 g/mol. The number of rotatable bonds is 4. The monoisotopic (exact) mass is 1020 g/mol. The van der Waals surface area contributed by atoms with E-state index >= 15 is 0 Å². The fourth-order valence-electron chi connectivity index (χ4n) is 8.89. The minimum absolute atomic E-state index is 0.0658. The summed E-state index contributed by atoms with van der Waals surface area (Å²) in [5.74, 6) is -4.79. The number of carbonyl (C=O) groups is 2. The summed E-state index contributed by atoms with van der Waals surface area (Å²) in [5.41, 5.74) is 0. The highest BCUT2D eigenvalue weighted by Crippen LogP contribution is 2.37. The number of cyclic esters (lactones) is 1. The predicted octanol–water partition coefficient (Wildman–Crippen LogP) is 2.37. The van der Waals surface area contributed by atoms with Crippen LogP contribution in [0.25, 0.3) is 0 Å². The summed E-state index contributed by atoms with van der Waals surface area (Å²) in [7, 11) is 2.25. The molecule has 2 saturated heterocycles. The van der Waals surface area contributed by atoms with Gasteiger partial charge in [0.15, 0.2) is 6.29 Å². The molecule has 0 saturated carbocycles. The van der Waals surface area contributed by atoms with Crippen LogP contribution >= 0.6 is 9.39 Å². The number of hydrogen-bond acceptors (Lipinski definition) is 17. The van der Waals surface area contributed by atoms with Crippen molar-refractivity contribution in [1.82, 2.24) is 5.09 Å². The maximum Gasteiger partial charge on any atom is 0.309 e. The molecular formula is C52H82NO17P. The predicted molar refractivity (Wildman–Crippen MR) is 269 cm³/mol. The van der Waals surface area contributed by atoms with Crippen molar-refractivity contribution in [3.8, 4) is 0 Å². The molecule has 0 aromatic heterocycles. The molecule has 3 rings (SSSR count). The molecule has 0 aromatic rings. The van der Waals surface area contributed by atoms with Crippen LogP contribution in [0.5, 0.6) is 0 Å². The van der Waals surface area contributed by atoms with Crippen molar-refractivity contribution < 1.29 is 84.7 Å². The Bertz CT molecular complexity index is 1820. The first-order valence-electron chi connectivity index (χ1n) is 24.6. The van der Waals surface area contributed by atoms with Gasteiger partial charge in [-0.05, 0) is 39.5 Å². The number of carbonyl (C=O) groups excluding carboxylic acids is 1. The maximum absolute atomic E-state index is 12.7. The molecule has 19 heteroatoms. The Labute approximate surface area is 420 Å².